The van der Waals surface area contributed by atoms with E-state index in [9.17, 15) is 13.6 Å². The third-order valence-electron chi connectivity index (χ3n) is 5.30. The second-order valence-corrected chi connectivity index (χ2v) is 9.12. The molecule has 1 aromatic carbocycles. The number of pyridine rings is 1. The van der Waals surface area contributed by atoms with Crippen molar-refractivity contribution in [1.29, 1.82) is 0 Å². The highest BCUT2D eigenvalue weighted by atomic mass is 32.2. The van der Waals surface area contributed by atoms with Crippen molar-refractivity contribution < 1.29 is 13.2 Å². The van der Waals surface area contributed by atoms with Gasteiger partial charge in [0.1, 0.15) is 10.6 Å². The third-order valence-corrected chi connectivity index (χ3v) is 7.31. The summed E-state index contributed by atoms with van der Waals surface area (Å²) in [6, 6.07) is 9.41. The highest BCUT2D eigenvalue weighted by Gasteiger charge is 2.44. The topological polar surface area (TPSA) is 91.4 Å². The average molecular weight is 389 g/mol. The Morgan fingerprint density at radius 3 is 2.74 bits per heavy atom. The number of aromatic nitrogens is 1. The normalized spacial score (nSPS) is 24.6. The number of nitrogens with zero attached hydrogens (tertiary/aromatic N) is 2. The van der Waals surface area contributed by atoms with E-state index < -0.39 is 14.1 Å². The zero-order chi connectivity index (χ0) is 18.9. The number of sulfonamides is 1. The summed E-state index contributed by atoms with van der Waals surface area (Å²) in [4.78, 5) is 3.93. The molecule has 1 aliphatic heterocycles. The monoisotopic (exact) mass is 389 g/mol. The molecular formula is C19H23N3O4S. The number of hydrogen-bond donors (Lipinski definition) is 1. The number of anilines is 1. The minimum absolute atomic E-state index is 0.0283. The molecule has 2 heterocycles. The molecule has 144 valence electrons. The highest BCUT2D eigenvalue weighted by Crippen LogP contribution is 2.38. The largest absolute Gasteiger partial charge is 0.608 e. The lowest BCUT2D eigenvalue weighted by molar-refractivity contribution is 0.209. The Morgan fingerprint density at radius 1 is 1.19 bits per heavy atom. The van der Waals surface area contributed by atoms with Crippen LogP contribution in [0.3, 0.4) is 0 Å². The van der Waals surface area contributed by atoms with E-state index in [1.807, 2.05) is 0 Å². The van der Waals surface area contributed by atoms with Crippen molar-refractivity contribution >= 4 is 21.5 Å². The van der Waals surface area contributed by atoms with Crippen molar-refractivity contribution in [3.63, 3.8) is 0 Å². The van der Waals surface area contributed by atoms with Gasteiger partial charge in [-0.1, -0.05) is 25.3 Å². The van der Waals surface area contributed by atoms with Crippen LogP contribution in [0.2, 0.25) is 0 Å². The standard InChI is InChI=1S/C19H23N3O4S/c23-22(19-8-4-5-11-20-19)14-21-17-12-16(9-10-18(17)27(22,24)25)26-13-15-6-2-1-3-7-15/h4-5,8-12,15,21H,1-3,6-7,13-14H2. The first-order valence-electron chi connectivity index (χ1n) is 9.27. The lowest BCUT2D eigenvalue weighted by Gasteiger charge is -2.41. The zero-order valence-electron chi connectivity index (χ0n) is 15.0. The summed E-state index contributed by atoms with van der Waals surface area (Å²) in [7, 11) is -4.19. The summed E-state index contributed by atoms with van der Waals surface area (Å²) in [5.74, 6) is 1.11. The Kier molecular flexibility index (Phi) is 4.79. The van der Waals surface area contributed by atoms with E-state index in [1.165, 1.54) is 50.4 Å². The maximum absolute atomic E-state index is 13.1. The molecule has 1 N–H and O–H groups in total. The van der Waals surface area contributed by atoms with E-state index in [0.29, 0.717) is 24.0 Å². The van der Waals surface area contributed by atoms with Gasteiger partial charge in [0.2, 0.25) is 5.82 Å². The predicted octanol–water partition coefficient (Wildman–Crippen LogP) is 3.62. The van der Waals surface area contributed by atoms with Gasteiger partial charge in [-0.15, -0.1) is 0 Å². The van der Waals surface area contributed by atoms with Crippen LogP contribution < -0.4 is 14.1 Å². The molecule has 1 fully saturated rings. The molecular weight excluding hydrogens is 366 g/mol. The van der Waals surface area contributed by atoms with Crippen LogP contribution in [-0.4, -0.2) is 26.7 Å². The number of hydroxylamine groups is 1. The van der Waals surface area contributed by atoms with Gasteiger partial charge in [0, 0.05) is 18.3 Å². The van der Waals surface area contributed by atoms with E-state index in [4.69, 9.17) is 4.74 Å². The van der Waals surface area contributed by atoms with Crippen molar-refractivity contribution in [3.8, 4) is 5.75 Å². The molecule has 1 aliphatic carbocycles. The van der Waals surface area contributed by atoms with E-state index in [1.54, 1.807) is 24.3 Å². The average Bonchev–Trinajstić information content (AvgIpc) is 2.71. The Labute approximate surface area is 159 Å². The second kappa shape index (κ2) is 7.10. The molecule has 1 saturated carbocycles. The van der Waals surface area contributed by atoms with E-state index in [0.717, 1.165) is 0 Å². The van der Waals surface area contributed by atoms with Gasteiger partial charge in [-0.3, -0.25) is 0 Å². The van der Waals surface area contributed by atoms with E-state index in [-0.39, 0.29) is 17.4 Å². The van der Waals surface area contributed by atoms with Crippen LogP contribution >= 0.6 is 0 Å². The SMILES string of the molecule is O=S1(=O)c2ccc(OCC3CCCCC3)cc2NC[N+]1([O-])c1ccccn1. The lowest BCUT2D eigenvalue weighted by atomic mass is 9.90. The van der Waals surface area contributed by atoms with Gasteiger partial charge in [0.05, 0.1) is 12.3 Å². The van der Waals surface area contributed by atoms with Crippen LogP contribution in [0.4, 0.5) is 11.5 Å². The fraction of sp³-hybridized carbons (Fsp3) is 0.421. The minimum Gasteiger partial charge on any atom is -0.608 e. The lowest BCUT2D eigenvalue weighted by Crippen LogP contribution is -2.54. The maximum Gasteiger partial charge on any atom is 0.336 e. The highest BCUT2D eigenvalue weighted by molar-refractivity contribution is 7.91. The molecule has 8 heteroatoms. The van der Waals surface area contributed by atoms with Crippen molar-refractivity contribution in [2.75, 3.05) is 18.6 Å². The summed E-state index contributed by atoms with van der Waals surface area (Å²) in [6.07, 6.45) is 7.56. The van der Waals surface area contributed by atoms with Crippen molar-refractivity contribution in [2.24, 2.45) is 5.92 Å². The summed E-state index contributed by atoms with van der Waals surface area (Å²) in [6.45, 7) is 0.305. The first kappa shape index (κ1) is 18.2. The molecule has 2 aliphatic rings. The van der Waals surface area contributed by atoms with Crippen molar-refractivity contribution in [3.05, 3.63) is 47.8 Å². The zero-order valence-corrected chi connectivity index (χ0v) is 15.8. The number of quaternary nitrogens is 1. The first-order valence-corrected chi connectivity index (χ1v) is 10.7. The van der Waals surface area contributed by atoms with Crippen LogP contribution in [0, 0.1) is 11.1 Å². The fourth-order valence-electron chi connectivity index (χ4n) is 3.72. The molecule has 0 bridgehead atoms. The number of fused-ring (bicyclic) bond motifs is 1. The predicted molar refractivity (Wildman–Crippen MR) is 104 cm³/mol. The molecule has 4 rings (SSSR count). The van der Waals surface area contributed by atoms with Gasteiger partial charge in [0.15, 0.2) is 6.67 Å². The van der Waals surface area contributed by atoms with Gasteiger partial charge >= 0.3 is 10.0 Å². The van der Waals surface area contributed by atoms with Crippen molar-refractivity contribution in [2.45, 2.75) is 37.0 Å². The number of hydrogen-bond acceptors (Lipinski definition) is 6. The summed E-state index contributed by atoms with van der Waals surface area (Å²) in [5.41, 5.74) is 0.400. The van der Waals surface area contributed by atoms with Crippen LogP contribution in [0.25, 0.3) is 0 Å². The van der Waals surface area contributed by atoms with Gasteiger partial charge in [-0.05, 0) is 37.0 Å². The van der Waals surface area contributed by atoms with E-state index in [2.05, 4.69) is 10.3 Å². The van der Waals surface area contributed by atoms with Crippen molar-refractivity contribution in [1.82, 2.24) is 9.04 Å². The second-order valence-electron chi connectivity index (χ2n) is 7.14. The molecule has 1 unspecified atom stereocenters. The van der Waals surface area contributed by atoms with E-state index >= 15 is 0 Å². The molecule has 2 aromatic rings. The molecule has 1 atom stereocenters. The quantitative estimate of drug-likeness (QED) is 0.634. The van der Waals surface area contributed by atoms with Gasteiger partial charge in [-0.25, -0.2) is 4.98 Å². The Bertz CT molecular complexity index is 914. The molecule has 0 spiro atoms. The third kappa shape index (κ3) is 3.28. The molecule has 0 amide bonds. The minimum atomic E-state index is -4.19. The molecule has 0 saturated heterocycles. The van der Waals surface area contributed by atoms with Crippen LogP contribution in [0.15, 0.2) is 47.5 Å². The Hall–Kier alpha value is -2.16. The summed E-state index contributed by atoms with van der Waals surface area (Å²) in [5, 5.41) is 16.1. The summed E-state index contributed by atoms with van der Waals surface area (Å²) >= 11 is 0. The number of ether oxygens (including phenoxy) is 1. The van der Waals surface area contributed by atoms with Crippen LogP contribution in [0.5, 0.6) is 5.75 Å². The Balaban J connectivity index is 1.57. The molecule has 1 aromatic heterocycles. The van der Waals surface area contributed by atoms with Gasteiger partial charge in [0.25, 0.3) is 0 Å². The number of nitrogens with one attached hydrogen (secondary N) is 1. The molecule has 7 nitrogen and oxygen atoms in total. The summed E-state index contributed by atoms with van der Waals surface area (Å²) < 4.78 is 30.3. The van der Waals surface area contributed by atoms with Crippen LogP contribution in [0.1, 0.15) is 32.1 Å². The molecule has 0 radical (unpaired) electrons. The molecule has 27 heavy (non-hydrogen) atoms. The van der Waals surface area contributed by atoms with Gasteiger partial charge in [-0.2, -0.15) is 12.5 Å². The number of rotatable bonds is 4. The fourth-order valence-corrected chi connectivity index (χ4v) is 5.28. The van der Waals surface area contributed by atoms with Crippen LogP contribution in [-0.2, 0) is 10.0 Å². The smallest absolute Gasteiger partial charge is 0.336 e. The first-order chi connectivity index (χ1) is 13.0. The maximum atomic E-state index is 13.1. The number of benzene rings is 1. The Morgan fingerprint density at radius 2 is 2.00 bits per heavy atom. The van der Waals surface area contributed by atoms with Gasteiger partial charge < -0.3 is 15.3 Å².